The van der Waals surface area contributed by atoms with Crippen LogP contribution in [0.3, 0.4) is 0 Å². The summed E-state index contributed by atoms with van der Waals surface area (Å²) in [6, 6.07) is 13.6. The first-order chi connectivity index (χ1) is 10.1. The highest BCUT2D eigenvalue weighted by Gasteiger charge is 2.04. The predicted molar refractivity (Wildman–Crippen MR) is 87.2 cm³/mol. The van der Waals surface area contributed by atoms with E-state index in [0.717, 1.165) is 17.9 Å². The molecule has 0 fully saturated rings. The Hall–Kier alpha value is -2.16. The van der Waals surface area contributed by atoms with Crippen LogP contribution in [0.1, 0.15) is 38.7 Å². The standard InChI is InChI=1S/C18H23NO2/c1-4-9-20-17-10-15(19)11-18(12-17)21-16-7-5-14(6-8-16)13(2)3/h5-8,10-13H,4,9,19H2,1-3H3. The van der Waals surface area contributed by atoms with Crippen LogP contribution < -0.4 is 15.2 Å². The number of ether oxygens (including phenoxy) is 2. The molecule has 0 amide bonds. The number of hydrogen-bond donors (Lipinski definition) is 1. The van der Waals surface area contributed by atoms with Gasteiger partial charge in [0, 0.05) is 23.9 Å². The molecule has 0 heterocycles. The molecule has 2 N–H and O–H groups in total. The predicted octanol–water partition coefficient (Wildman–Crippen LogP) is 4.97. The van der Waals surface area contributed by atoms with Crippen LogP contribution in [0.2, 0.25) is 0 Å². The maximum atomic E-state index is 5.89. The Bertz CT molecular complexity index is 576. The second-order valence-corrected chi connectivity index (χ2v) is 5.41. The zero-order valence-electron chi connectivity index (χ0n) is 12.9. The molecule has 0 aliphatic carbocycles. The number of benzene rings is 2. The van der Waals surface area contributed by atoms with Crippen molar-refractivity contribution in [3.63, 3.8) is 0 Å². The van der Waals surface area contributed by atoms with Gasteiger partial charge in [-0.25, -0.2) is 0 Å². The van der Waals surface area contributed by atoms with Gasteiger partial charge in [0.25, 0.3) is 0 Å². The third-order valence-electron chi connectivity index (χ3n) is 3.16. The van der Waals surface area contributed by atoms with E-state index in [4.69, 9.17) is 15.2 Å². The fourth-order valence-electron chi connectivity index (χ4n) is 2.01. The number of rotatable bonds is 6. The molecule has 0 bridgehead atoms. The summed E-state index contributed by atoms with van der Waals surface area (Å²) < 4.78 is 11.5. The SMILES string of the molecule is CCCOc1cc(N)cc(Oc2ccc(C(C)C)cc2)c1. The quantitative estimate of drug-likeness (QED) is 0.762. The summed E-state index contributed by atoms with van der Waals surface area (Å²) in [5.41, 5.74) is 7.82. The molecule has 112 valence electrons. The first-order valence-electron chi connectivity index (χ1n) is 7.39. The number of nitrogens with two attached hydrogens (primary N) is 1. The van der Waals surface area contributed by atoms with Crippen LogP contribution in [0.4, 0.5) is 5.69 Å². The molecule has 3 nitrogen and oxygen atoms in total. The smallest absolute Gasteiger partial charge is 0.133 e. The Morgan fingerprint density at radius 3 is 2.24 bits per heavy atom. The summed E-state index contributed by atoms with van der Waals surface area (Å²) in [7, 11) is 0. The molecule has 0 saturated heterocycles. The van der Waals surface area contributed by atoms with E-state index in [0.29, 0.717) is 24.0 Å². The number of anilines is 1. The minimum atomic E-state index is 0.514. The van der Waals surface area contributed by atoms with E-state index < -0.39 is 0 Å². The molecule has 0 atom stereocenters. The van der Waals surface area contributed by atoms with Gasteiger partial charge in [-0.05, 0) is 30.0 Å². The molecule has 0 saturated carbocycles. The van der Waals surface area contributed by atoms with Crippen LogP contribution in [0.5, 0.6) is 17.2 Å². The average molecular weight is 285 g/mol. The summed E-state index contributed by atoms with van der Waals surface area (Å²) in [6.45, 7) is 7.09. The van der Waals surface area contributed by atoms with E-state index in [1.165, 1.54) is 5.56 Å². The van der Waals surface area contributed by atoms with Gasteiger partial charge in [-0.15, -0.1) is 0 Å². The lowest BCUT2D eigenvalue weighted by Gasteiger charge is -2.11. The zero-order valence-corrected chi connectivity index (χ0v) is 12.9. The highest BCUT2D eigenvalue weighted by Crippen LogP contribution is 2.29. The van der Waals surface area contributed by atoms with Crippen molar-refractivity contribution in [2.24, 2.45) is 0 Å². The molecule has 0 unspecified atom stereocenters. The van der Waals surface area contributed by atoms with Crippen molar-refractivity contribution in [2.45, 2.75) is 33.1 Å². The Morgan fingerprint density at radius 1 is 0.952 bits per heavy atom. The summed E-state index contributed by atoms with van der Waals surface area (Å²) in [6.07, 6.45) is 0.960. The van der Waals surface area contributed by atoms with Gasteiger partial charge in [-0.1, -0.05) is 32.9 Å². The monoisotopic (exact) mass is 285 g/mol. The number of hydrogen-bond acceptors (Lipinski definition) is 3. The van der Waals surface area contributed by atoms with Crippen LogP contribution in [-0.4, -0.2) is 6.61 Å². The maximum absolute atomic E-state index is 5.89. The van der Waals surface area contributed by atoms with E-state index in [1.807, 2.05) is 24.3 Å². The summed E-state index contributed by atoms with van der Waals surface area (Å²) in [5, 5.41) is 0. The lowest BCUT2D eigenvalue weighted by atomic mass is 10.0. The molecule has 2 aromatic carbocycles. The van der Waals surface area contributed by atoms with Crippen LogP contribution in [0.15, 0.2) is 42.5 Å². The van der Waals surface area contributed by atoms with Gasteiger partial charge in [0.1, 0.15) is 17.2 Å². The van der Waals surface area contributed by atoms with Gasteiger partial charge in [-0.2, -0.15) is 0 Å². The van der Waals surface area contributed by atoms with Crippen LogP contribution >= 0.6 is 0 Å². The minimum Gasteiger partial charge on any atom is -0.493 e. The molecule has 0 aliphatic rings. The van der Waals surface area contributed by atoms with Gasteiger partial charge in [0.15, 0.2) is 0 Å². The molecule has 0 aromatic heterocycles. The fraction of sp³-hybridized carbons (Fsp3) is 0.333. The van der Waals surface area contributed by atoms with E-state index in [-0.39, 0.29) is 0 Å². The van der Waals surface area contributed by atoms with Crippen molar-refractivity contribution < 1.29 is 9.47 Å². The lowest BCUT2D eigenvalue weighted by molar-refractivity contribution is 0.316. The molecule has 0 radical (unpaired) electrons. The Kier molecular flexibility index (Phi) is 5.09. The van der Waals surface area contributed by atoms with Crippen molar-refractivity contribution in [3.05, 3.63) is 48.0 Å². The van der Waals surface area contributed by atoms with Gasteiger partial charge in [-0.3, -0.25) is 0 Å². The van der Waals surface area contributed by atoms with E-state index in [1.54, 1.807) is 6.07 Å². The van der Waals surface area contributed by atoms with Gasteiger partial charge in [0.05, 0.1) is 6.61 Å². The molecule has 3 heteroatoms. The van der Waals surface area contributed by atoms with Crippen molar-refractivity contribution in [3.8, 4) is 17.2 Å². The Balaban J connectivity index is 2.12. The Labute approximate surface area is 126 Å². The summed E-state index contributed by atoms with van der Waals surface area (Å²) >= 11 is 0. The lowest BCUT2D eigenvalue weighted by Crippen LogP contribution is -1.97. The second-order valence-electron chi connectivity index (χ2n) is 5.41. The average Bonchev–Trinajstić information content (AvgIpc) is 2.45. The molecule has 2 aromatic rings. The molecule has 0 aliphatic heterocycles. The molecule has 0 spiro atoms. The van der Waals surface area contributed by atoms with Crippen molar-refractivity contribution in [1.82, 2.24) is 0 Å². The molecule has 21 heavy (non-hydrogen) atoms. The fourth-order valence-corrected chi connectivity index (χ4v) is 2.01. The molecular weight excluding hydrogens is 262 g/mol. The normalized spacial score (nSPS) is 10.7. The van der Waals surface area contributed by atoms with Crippen LogP contribution in [-0.2, 0) is 0 Å². The highest BCUT2D eigenvalue weighted by molar-refractivity contribution is 5.51. The van der Waals surface area contributed by atoms with Gasteiger partial charge < -0.3 is 15.2 Å². The summed E-state index contributed by atoms with van der Waals surface area (Å²) in [4.78, 5) is 0. The second kappa shape index (κ2) is 7.02. The van der Waals surface area contributed by atoms with Crippen LogP contribution in [0.25, 0.3) is 0 Å². The van der Waals surface area contributed by atoms with E-state index in [9.17, 15) is 0 Å². The highest BCUT2D eigenvalue weighted by atomic mass is 16.5. The van der Waals surface area contributed by atoms with Crippen molar-refractivity contribution in [2.75, 3.05) is 12.3 Å². The molecule has 2 rings (SSSR count). The van der Waals surface area contributed by atoms with Gasteiger partial charge in [0.2, 0.25) is 0 Å². The minimum absolute atomic E-state index is 0.514. The Morgan fingerprint density at radius 2 is 1.62 bits per heavy atom. The topological polar surface area (TPSA) is 44.5 Å². The first kappa shape index (κ1) is 15.2. The summed E-state index contributed by atoms with van der Waals surface area (Å²) in [5.74, 6) is 2.75. The van der Waals surface area contributed by atoms with Crippen molar-refractivity contribution >= 4 is 5.69 Å². The third-order valence-corrected chi connectivity index (χ3v) is 3.16. The maximum Gasteiger partial charge on any atom is 0.133 e. The van der Waals surface area contributed by atoms with E-state index in [2.05, 4.69) is 32.9 Å². The zero-order chi connectivity index (χ0) is 15.2. The van der Waals surface area contributed by atoms with E-state index >= 15 is 0 Å². The van der Waals surface area contributed by atoms with Gasteiger partial charge >= 0.3 is 0 Å². The molecular formula is C18H23NO2. The third kappa shape index (κ3) is 4.42. The van der Waals surface area contributed by atoms with Crippen molar-refractivity contribution in [1.29, 1.82) is 0 Å². The number of nitrogen functional groups attached to an aromatic ring is 1. The van der Waals surface area contributed by atoms with Crippen LogP contribution in [0, 0.1) is 0 Å². The largest absolute Gasteiger partial charge is 0.493 e. The first-order valence-corrected chi connectivity index (χ1v) is 7.39.